The van der Waals surface area contributed by atoms with Crippen molar-refractivity contribution in [3.05, 3.63) is 67.3 Å². The summed E-state index contributed by atoms with van der Waals surface area (Å²) in [7, 11) is -0.850. The van der Waals surface area contributed by atoms with Gasteiger partial charge in [0.1, 0.15) is 0 Å². The van der Waals surface area contributed by atoms with Crippen LogP contribution in [-0.2, 0) is 17.2 Å². The molecule has 0 aromatic heterocycles. The molecule has 1 aliphatic rings. The topological polar surface area (TPSA) is 17.1 Å². The van der Waals surface area contributed by atoms with Crippen LogP contribution in [0.4, 0.5) is 0 Å². The van der Waals surface area contributed by atoms with Gasteiger partial charge in [-0.15, -0.1) is 0 Å². The highest BCUT2D eigenvalue weighted by Crippen LogP contribution is 2.47. The molecule has 1 atom stereocenters. The normalized spacial score (nSPS) is 15.5. The predicted octanol–water partition coefficient (Wildman–Crippen LogP) is 9.03. The van der Waals surface area contributed by atoms with Gasteiger partial charge in [0, 0.05) is 22.0 Å². The standard InChI is InChI=1S/C11H16OS.C10H20.C6H8.C2H6/c1-9(2)8-10-4-6-11(7-5-10)13(3)12;1-8(2)5-9-6-10(3,4)7-9;1-3-5-6-4-2;1-2/h4-7,9H,8H2,1-3H3;8-9H,5-7H2,1-4H3;3-6H,1-2H2;1-2H3/b;;6-5-;. The molecule has 0 saturated heterocycles. The molecule has 0 heterocycles. The molecule has 1 fully saturated rings. The Morgan fingerprint density at radius 3 is 1.71 bits per heavy atom. The van der Waals surface area contributed by atoms with Crippen molar-refractivity contribution in [2.75, 3.05) is 6.26 Å². The van der Waals surface area contributed by atoms with E-state index in [4.69, 9.17) is 0 Å². The lowest BCUT2D eigenvalue weighted by molar-refractivity contribution is 0.0800. The average molecular weight is 447 g/mol. The summed E-state index contributed by atoms with van der Waals surface area (Å²) in [6.07, 6.45) is 14.2. The van der Waals surface area contributed by atoms with Gasteiger partial charge in [-0.25, -0.2) is 0 Å². The van der Waals surface area contributed by atoms with E-state index in [9.17, 15) is 4.21 Å². The van der Waals surface area contributed by atoms with Crippen LogP contribution in [0.5, 0.6) is 0 Å². The first-order chi connectivity index (χ1) is 14.5. The Bertz CT molecular complexity index is 614. The molecule has 2 heteroatoms. The van der Waals surface area contributed by atoms with Crippen LogP contribution < -0.4 is 0 Å². The minimum Gasteiger partial charge on any atom is -0.255 e. The Balaban J connectivity index is 0. The number of allylic oxidation sites excluding steroid dienone is 4. The van der Waals surface area contributed by atoms with Crippen molar-refractivity contribution >= 4 is 10.8 Å². The van der Waals surface area contributed by atoms with Crippen LogP contribution in [0.3, 0.4) is 0 Å². The molecule has 0 N–H and O–H groups in total. The number of hydrogen-bond donors (Lipinski definition) is 0. The van der Waals surface area contributed by atoms with Crippen molar-refractivity contribution in [3.63, 3.8) is 0 Å². The largest absolute Gasteiger partial charge is 0.255 e. The SMILES string of the molecule is C=C/C=C\C=C.CC.CC(C)CC1CC(C)(C)C1.CC(C)Cc1ccc(S(C)=O)cc1. The first-order valence-corrected chi connectivity index (χ1v) is 13.4. The van der Waals surface area contributed by atoms with Crippen LogP contribution in [0.15, 0.2) is 66.6 Å². The molecule has 0 spiro atoms. The zero-order chi connectivity index (χ0) is 24.4. The zero-order valence-electron chi connectivity index (χ0n) is 21.9. The molecule has 0 radical (unpaired) electrons. The quantitative estimate of drug-likeness (QED) is 0.382. The molecule has 178 valence electrons. The second-order valence-electron chi connectivity index (χ2n) is 9.62. The molecule has 1 aromatic carbocycles. The van der Waals surface area contributed by atoms with E-state index in [1.54, 1.807) is 18.4 Å². The first-order valence-electron chi connectivity index (χ1n) is 11.8. The minimum absolute atomic E-state index is 0.679. The smallest absolute Gasteiger partial charge is 0.0498 e. The molecule has 1 saturated carbocycles. The van der Waals surface area contributed by atoms with Crippen LogP contribution >= 0.6 is 0 Å². The van der Waals surface area contributed by atoms with Gasteiger partial charge in [0.25, 0.3) is 0 Å². The Hall–Kier alpha value is -1.41. The van der Waals surface area contributed by atoms with E-state index in [1.165, 1.54) is 24.8 Å². The summed E-state index contributed by atoms with van der Waals surface area (Å²) >= 11 is 0. The van der Waals surface area contributed by atoms with Gasteiger partial charge in [-0.05, 0) is 66.5 Å². The summed E-state index contributed by atoms with van der Waals surface area (Å²) in [5, 5.41) is 0. The Morgan fingerprint density at radius 2 is 1.42 bits per heavy atom. The summed E-state index contributed by atoms with van der Waals surface area (Å²) in [5.74, 6) is 2.63. The Morgan fingerprint density at radius 1 is 0.968 bits per heavy atom. The van der Waals surface area contributed by atoms with Gasteiger partial charge in [-0.2, -0.15) is 0 Å². The summed E-state index contributed by atoms with van der Waals surface area (Å²) in [4.78, 5) is 0.910. The maximum absolute atomic E-state index is 11.1. The molecule has 1 nitrogen and oxygen atoms in total. The maximum atomic E-state index is 11.1. The van der Waals surface area contributed by atoms with Crippen LogP contribution in [0.1, 0.15) is 80.2 Å². The van der Waals surface area contributed by atoms with Gasteiger partial charge >= 0.3 is 0 Å². The van der Waals surface area contributed by atoms with Crippen LogP contribution in [0.2, 0.25) is 0 Å². The highest BCUT2D eigenvalue weighted by Gasteiger charge is 2.35. The van der Waals surface area contributed by atoms with Gasteiger partial charge in [-0.3, -0.25) is 4.21 Å². The fraction of sp³-hybridized carbons (Fsp3) is 0.586. The van der Waals surface area contributed by atoms with E-state index in [0.29, 0.717) is 11.3 Å². The highest BCUT2D eigenvalue weighted by molar-refractivity contribution is 7.84. The Kier molecular flexibility index (Phi) is 18.6. The fourth-order valence-corrected chi connectivity index (χ4v) is 4.30. The lowest BCUT2D eigenvalue weighted by Gasteiger charge is -2.43. The van der Waals surface area contributed by atoms with Gasteiger partial charge in [0.05, 0.1) is 0 Å². The third-order valence-corrected chi connectivity index (χ3v) is 5.71. The molecular formula is C29H50OS. The molecule has 0 bridgehead atoms. The lowest BCUT2D eigenvalue weighted by Crippen LogP contribution is -2.32. The highest BCUT2D eigenvalue weighted by atomic mass is 32.2. The fourth-order valence-electron chi connectivity index (χ4n) is 3.78. The number of benzene rings is 1. The van der Waals surface area contributed by atoms with Crippen molar-refractivity contribution in [1.29, 1.82) is 0 Å². The van der Waals surface area contributed by atoms with E-state index >= 15 is 0 Å². The molecular weight excluding hydrogens is 396 g/mol. The van der Waals surface area contributed by atoms with E-state index in [0.717, 1.165) is 23.2 Å². The van der Waals surface area contributed by atoms with Gasteiger partial charge in [0.2, 0.25) is 0 Å². The molecule has 0 aliphatic heterocycles. The number of hydrogen-bond acceptors (Lipinski definition) is 1. The van der Waals surface area contributed by atoms with Crippen LogP contribution in [-0.4, -0.2) is 10.5 Å². The van der Waals surface area contributed by atoms with Gasteiger partial charge < -0.3 is 0 Å². The molecule has 1 aliphatic carbocycles. The van der Waals surface area contributed by atoms with Gasteiger partial charge in [-0.1, -0.05) is 105 Å². The summed E-state index contributed by atoms with van der Waals surface area (Å²) in [6, 6.07) is 8.04. The minimum atomic E-state index is -0.850. The molecule has 1 unspecified atom stereocenters. The van der Waals surface area contributed by atoms with Crippen molar-refractivity contribution in [2.24, 2.45) is 23.2 Å². The van der Waals surface area contributed by atoms with Gasteiger partial charge in [0.15, 0.2) is 0 Å². The lowest BCUT2D eigenvalue weighted by atomic mass is 9.62. The van der Waals surface area contributed by atoms with Crippen LogP contribution in [0.25, 0.3) is 0 Å². The zero-order valence-corrected chi connectivity index (χ0v) is 22.7. The van der Waals surface area contributed by atoms with Crippen molar-refractivity contribution in [1.82, 2.24) is 0 Å². The van der Waals surface area contributed by atoms with Crippen molar-refractivity contribution in [2.45, 2.75) is 86.0 Å². The monoisotopic (exact) mass is 446 g/mol. The third-order valence-electron chi connectivity index (χ3n) is 4.77. The third kappa shape index (κ3) is 17.9. The van der Waals surface area contributed by atoms with E-state index in [1.807, 2.05) is 38.1 Å². The molecule has 0 amide bonds. The summed E-state index contributed by atoms with van der Waals surface area (Å²) in [6.45, 7) is 24.7. The van der Waals surface area contributed by atoms with Crippen molar-refractivity contribution in [3.8, 4) is 0 Å². The summed E-state index contributed by atoms with van der Waals surface area (Å²) < 4.78 is 11.1. The van der Waals surface area contributed by atoms with E-state index in [-0.39, 0.29) is 0 Å². The molecule has 31 heavy (non-hydrogen) atoms. The first kappa shape index (κ1) is 31.8. The van der Waals surface area contributed by atoms with Crippen molar-refractivity contribution < 1.29 is 4.21 Å². The Labute approximate surface area is 197 Å². The molecule has 1 aromatic rings. The number of rotatable bonds is 7. The summed E-state index contributed by atoms with van der Waals surface area (Å²) in [5.41, 5.74) is 2.00. The average Bonchev–Trinajstić information content (AvgIpc) is 2.67. The second kappa shape index (κ2) is 18.2. The second-order valence-corrected chi connectivity index (χ2v) is 11.0. The van der Waals surface area contributed by atoms with Crippen LogP contribution in [0, 0.1) is 23.2 Å². The molecule has 2 rings (SSSR count). The van der Waals surface area contributed by atoms with E-state index in [2.05, 4.69) is 66.8 Å². The maximum Gasteiger partial charge on any atom is 0.0498 e. The van der Waals surface area contributed by atoms with E-state index < -0.39 is 10.8 Å². The predicted molar refractivity (Wildman–Crippen MR) is 144 cm³/mol.